The van der Waals surface area contributed by atoms with Crippen molar-refractivity contribution in [3.05, 3.63) is 0 Å². The van der Waals surface area contributed by atoms with Gasteiger partial charge in [0.25, 0.3) is 5.92 Å². The van der Waals surface area contributed by atoms with Crippen molar-refractivity contribution < 1.29 is 13.9 Å². The van der Waals surface area contributed by atoms with E-state index in [0.29, 0.717) is 0 Å². The molecular formula is C5H9F2NO. The highest BCUT2D eigenvalue weighted by Crippen LogP contribution is 2.49. The van der Waals surface area contributed by atoms with E-state index in [4.69, 9.17) is 5.11 Å². The predicted octanol–water partition coefficient (Wildman–Crippen LogP) is 0.179. The fourth-order valence-electron chi connectivity index (χ4n) is 0.778. The summed E-state index contributed by atoms with van der Waals surface area (Å²) in [7, 11) is 1.46. The second-order valence-corrected chi connectivity index (χ2v) is 2.31. The lowest BCUT2D eigenvalue weighted by molar-refractivity contribution is 0.0372. The van der Waals surface area contributed by atoms with E-state index in [1.807, 2.05) is 0 Å². The molecule has 2 nitrogen and oxygen atoms in total. The van der Waals surface area contributed by atoms with Gasteiger partial charge >= 0.3 is 0 Å². The Morgan fingerprint density at radius 1 is 1.78 bits per heavy atom. The van der Waals surface area contributed by atoms with Crippen LogP contribution in [0.25, 0.3) is 0 Å². The van der Waals surface area contributed by atoms with Crippen molar-refractivity contribution in [3.8, 4) is 0 Å². The van der Waals surface area contributed by atoms with Crippen LogP contribution in [-0.4, -0.2) is 24.3 Å². The number of hydrogen-bond donors (Lipinski definition) is 2. The smallest absolute Gasteiger partial charge is 0.255 e. The second-order valence-electron chi connectivity index (χ2n) is 2.31. The molecule has 1 rings (SSSR count). The minimum atomic E-state index is -2.62. The van der Waals surface area contributed by atoms with Gasteiger partial charge in [0.05, 0.1) is 5.92 Å². The van der Waals surface area contributed by atoms with Crippen LogP contribution in [0.3, 0.4) is 0 Å². The summed E-state index contributed by atoms with van der Waals surface area (Å²) in [5.74, 6) is -3.48. The van der Waals surface area contributed by atoms with Gasteiger partial charge in [-0.2, -0.15) is 0 Å². The molecule has 0 heterocycles. The lowest BCUT2D eigenvalue weighted by Crippen LogP contribution is -2.28. The molecule has 4 heteroatoms. The normalized spacial score (nSPS) is 34.0. The Morgan fingerprint density at radius 3 is 2.33 bits per heavy atom. The first-order valence-electron chi connectivity index (χ1n) is 2.81. The molecule has 0 saturated heterocycles. The van der Waals surface area contributed by atoms with E-state index in [2.05, 4.69) is 5.32 Å². The molecule has 0 aliphatic heterocycles. The summed E-state index contributed by atoms with van der Waals surface area (Å²) < 4.78 is 24.1. The number of aliphatic hydroxyl groups is 1. The number of alkyl halides is 2. The van der Waals surface area contributed by atoms with E-state index < -0.39 is 18.1 Å². The Hall–Kier alpha value is -0.220. The fraction of sp³-hybridized carbons (Fsp3) is 1.00. The van der Waals surface area contributed by atoms with Gasteiger partial charge in [0, 0.05) is 6.42 Å². The molecule has 1 aliphatic rings. The molecule has 0 aromatic heterocycles. The minimum Gasteiger partial charge on any atom is -0.378 e. The zero-order valence-electron chi connectivity index (χ0n) is 5.06. The highest BCUT2D eigenvalue weighted by Gasteiger charge is 2.60. The monoisotopic (exact) mass is 137 g/mol. The summed E-state index contributed by atoms with van der Waals surface area (Å²) >= 11 is 0. The summed E-state index contributed by atoms with van der Waals surface area (Å²) in [4.78, 5) is 0. The summed E-state index contributed by atoms with van der Waals surface area (Å²) in [5.41, 5.74) is 0. The van der Waals surface area contributed by atoms with E-state index >= 15 is 0 Å². The molecule has 0 aromatic carbocycles. The van der Waals surface area contributed by atoms with Crippen molar-refractivity contribution >= 4 is 0 Å². The number of nitrogens with one attached hydrogen (secondary N) is 1. The molecule has 0 aromatic rings. The number of hydrogen-bond acceptors (Lipinski definition) is 2. The first kappa shape index (κ1) is 6.89. The number of rotatable bonds is 2. The van der Waals surface area contributed by atoms with Crippen LogP contribution in [-0.2, 0) is 0 Å². The van der Waals surface area contributed by atoms with Gasteiger partial charge in [0.2, 0.25) is 0 Å². The van der Waals surface area contributed by atoms with Crippen LogP contribution in [0, 0.1) is 5.92 Å². The molecule has 1 saturated carbocycles. The Labute approximate surface area is 51.9 Å². The average Bonchev–Trinajstić information content (AvgIpc) is 2.38. The van der Waals surface area contributed by atoms with Gasteiger partial charge in [-0.05, 0) is 7.05 Å². The van der Waals surface area contributed by atoms with Gasteiger partial charge in [-0.15, -0.1) is 0 Å². The molecule has 0 bridgehead atoms. The van der Waals surface area contributed by atoms with Crippen LogP contribution in [0.2, 0.25) is 0 Å². The zero-order valence-corrected chi connectivity index (χ0v) is 5.06. The van der Waals surface area contributed by atoms with E-state index in [-0.39, 0.29) is 6.42 Å². The third kappa shape index (κ3) is 1.19. The van der Waals surface area contributed by atoms with Crippen LogP contribution in [0.5, 0.6) is 0 Å². The molecule has 0 amide bonds. The lowest BCUT2D eigenvalue weighted by atomic mass is 10.4. The Kier molecular flexibility index (Phi) is 1.44. The summed E-state index contributed by atoms with van der Waals surface area (Å²) in [5, 5.41) is 11.1. The van der Waals surface area contributed by atoms with Crippen molar-refractivity contribution in [1.82, 2.24) is 5.32 Å². The molecule has 0 radical (unpaired) electrons. The zero-order chi connectivity index (χ0) is 7.07. The third-order valence-corrected chi connectivity index (χ3v) is 1.55. The molecule has 9 heavy (non-hydrogen) atoms. The minimum absolute atomic E-state index is 0.186. The van der Waals surface area contributed by atoms with Crippen LogP contribution in [0.15, 0.2) is 0 Å². The van der Waals surface area contributed by atoms with E-state index in [9.17, 15) is 8.78 Å². The van der Waals surface area contributed by atoms with E-state index in [1.54, 1.807) is 0 Å². The SMILES string of the molecule is CNC(O)C1CC1(F)F. The molecule has 54 valence electrons. The van der Waals surface area contributed by atoms with Gasteiger partial charge in [-0.1, -0.05) is 0 Å². The molecule has 2 N–H and O–H groups in total. The number of halogens is 2. The average molecular weight is 137 g/mol. The van der Waals surface area contributed by atoms with Crippen molar-refractivity contribution in [2.24, 2.45) is 5.92 Å². The van der Waals surface area contributed by atoms with Crippen LogP contribution in [0.1, 0.15) is 6.42 Å². The highest BCUT2D eigenvalue weighted by atomic mass is 19.3. The Balaban J connectivity index is 2.33. The van der Waals surface area contributed by atoms with Crippen molar-refractivity contribution in [2.45, 2.75) is 18.6 Å². The third-order valence-electron chi connectivity index (χ3n) is 1.55. The van der Waals surface area contributed by atoms with E-state index in [1.165, 1.54) is 7.05 Å². The highest BCUT2D eigenvalue weighted by molar-refractivity contribution is 4.97. The Bertz CT molecular complexity index is 118. The van der Waals surface area contributed by atoms with Gasteiger partial charge in [0.15, 0.2) is 0 Å². The lowest BCUT2D eigenvalue weighted by Gasteiger charge is -2.05. The van der Waals surface area contributed by atoms with Crippen LogP contribution >= 0.6 is 0 Å². The van der Waals surface area contributed by atoms with Crippen molar-refractivity contribution in [3.63, 3.8) is 0 Å². The molecule has 1 fully saturated rings. The van der Waals surface area contributed by atoms with Gasteiger partial charge in [-0.3, -0.25) is 5.32 Å². The second kappa shape index (κ2) is 1.88. The maximum absolute atomic E-state index is 12.0. The predicted molar refractivity (Wildman–Crippen MR) is 28.1 cm³/mol. The van der Waals surface area contributed by atoms with Gasteiger partial charge in [0.1, 0.15) is 6.23 Å². The Morgan fingerprint density at radius 2 is 2.22 bits per heavy atom. The maximum atomic E-state index is 12.0. The largest absolute Gasteiger partial charge is 0.378 e. The topological polar surface area (TPSA) is 32.3 Å². The summed E-state index contributed by atoms with van der Waals surface area (Å²) in [6, 6.07) is 0. The first-order chi connectivity index (χ1) is 4.08. The fourth-order valence-corrected chi connectivity index (χ4v) is 0.778. The molecular weight excluding hydrogens is 128 g/mol. The van der Waals surface area contributed by atoms with Crippen molar-refractivity contribution in [2.75, 3.05) is 7.05 Å². The molecule has 1 aliphatic carbocycles. The standard InChI is InChI=1S/C5H9F2NO/c1-8-4(9)3-2-5(3,6)7/h3-4,8-9H,2H2,1H3. The molecule has 2 atom stereocenters. The van der Waals surface area contributed by atoms with Gasteiger partial charge < -0.3 is 5.11 Å². The maximum Gasteiger partial charge on any atom is 0.255 e. The van der Waals surface area contributed by atoms with Crippen LogP contribution in [0.4, 0.5) is 8.78 Å². The van der Waals surface area contributed by atoms with Crippen LogP contribution < -0.4 is 5.32 Å². The molecule has 2 unspecified atom stereocenters. The van der Waals surface area contributed by atoms with Gasteiger partial charge in [-0.25, -0.2) is 8.78 Å². The first-order valence-corrected chi connectivity index (χ1v) is 2.81. The summed E-state index contributed by atoms with van der Waals surface area (Å²) in [6.45, 7) is 0. The summed E-state index contributed by atoms with van der Waals surface area (Å²) in [6.07, 6.45) is -1.23. The molecule has 0 spiro atoms. The number of aliphatic hydroxyl groups excluding tert-OH is 1. The van der Waals surface area contributed by atoms with E-state index in [0.717, 1.165) is 0 Å². The quantitative estimate of drug-likeness (QED) is 0.532. The van der Waals surface area contributed by atoms with Crippen molar-refractivity contribution in [1.29, 1.82) is 0 Å².